The van der Waals surface area contributed by atoms with Crippen LogP contribution in [0, 0.1) is 0 Å². The molecule has 1 atom stereocenters. The summed E-state index contributed by atoms with van der Waals surface area (Å²) in [5.41, 5.74) is 0.755. The van der Waals surface area contributed by atoms with Crippen molar-refractivity contribution in [2.45, 2.75) is 18.9 Å². The van der Waals surface area contributed by atoms with Crippen LogP contribution >= 0.6 is 23.2 Å². The average molecular weight is 329 g/mol. The molecule has 2 N–H and O–H groups in total. The molecule has 0 aliphatic heterocycles. The minimum atomic E-state index is -0.602. The molecule has 7 heteroatoms. The Bertz CT molecular complexity index is 588. The highest BCUT2D eigenvalue weighted by Crippen LogP contribution is 2.25. The predicted octanol–water partition coefficient (Wildman–Crippen LogP) is 2.38. The molecule has 114 valence electrons. The van der Waals surface area contributed by atoms with E-state index in [2.05, 4.69) is 15.4 Å². The van der Waals surface area contributed by atoms with Gasteiger partial charge in [-0.2, -0.15) is 5.10 Å². The van der Waals surface area contributed by atoms with Gasteiger partial charge in [-0.15, -0.1) is 0 Å². The van der Waals surface area contributed by atoms with Gasteiger partial charge < -0.3 is 10.4 Å². The smallest absolute Gasteiger partial charge is 0.138 e. The molecular weight excluding hydrogens is 311 g/mol. The molecule has 0 amide bonds. The molecule has 0 spiro atoms. The van der Waals surface area contributed by atoms with Crippen LogP contribution in [0.1, 0.15) is 23.9 Å². The number of benzene rings is 1. The molecule has 2 aromatic rings. The fourth-order valence-corrected chi connectivity index (χ4v) is 2.30. The molecular formula is C14H18Cl2N4O. The molecule has 21 heavy (non-hydrogen) atoms. The van der Waals surface area contributed by atoms with Gasteiger partial charge in [-0.3, -0.25) is 4.68 Å². The summed E-state index contributed by atoms with van der Waals surface area (Å²) in [7, 11) is 1.88. The molecule has 0 fully saturated rings. The summed E-state index contributed by atoms with van der Waals surface area (Å²) in [6, 6.07) is 5.16. The summed E-state index contributed by atoms with van der Waals surface area (Å²) in [6.07, 6.45) is 2.73. The van der Waals surface area contributed by atoms with Crippen LogP contribution in [0.5, 0.6) is 0 Å². The van der Waals surface area contributed by atoms with Crippen LogP contribution in [0.4, 0.5) is 0 Å². The van der Waals surface area contributed by atoms with E-state index in [9.17, 15) is 5.11 Å². The van der Waals surface area contributed by atoms with E-state index in [0.29, 0.717) is 16.6 Å². The number of rotatable bonds is 7. The molecule has 0 bridgehead atoms. The van der Waals surface area contributed by atoms with E-state index in [4.69, 9.17) is 23.2 Å². The summed E-state index contributed by atoms with van der Waals surface area (Å²) in [4.78, 5) is 4.16. The third kappa shape index (κ3) is 4.68. The van der Waals surface area contributed by atoms with E-state index in [1.807, 2.05) is 7.05 Å². The Labute approximate surface area is 133 Å². The molecule has 1 heterocycles. The van der Waals surface area contributed by atoms with Crippen molar-refractivity contribution in [1.82, 2.24) is 20.1 Å². The van der Waals surface area contributed by atoms with Crippen LogP contribution in [-0.4, -0.2) is 33.0 Å². The molecule has 1 aromatic heterocycles. The van der Waals surface area contributed by atoms with Crippen LogP contribution in [0.15, 0.2) is 24.5 Å². The number of hydrogen-bond acceptors (Lipinski definition) is 4. The molecule has 5 nitrogen and oxygen atoms in total. The molecule has 2 rings (SSSR count). The third-order valence-corrected chi connectivity index (χ3v) is 3.96. The van der Waals surface area contributed by atoms with E-state index >= 15 is 0 Å². The number of aryl methyl sites for hydroxylation is 2. The average Bonchev–Trinajstić information content (AvgIpc) is 2.87. The van der Waals surface area contributed by atoms with Crippen molar-refractivity contribution < 1.29 is 5.11 Å². The summed E-state index contributed by atoms with van der Waals surface area (Å²) < 4.78 is 1.77. The lowest BCUT2D eigenvalue weighted by Gasteiger charge is -2.13. The first-order valence-corrected chi connectivity index (χ1v) is 7.50. The van der Waals surface area contributed by atoms with Gasteiger partial charge in [0.2, 0.25) is 0 Å². The van der Waals surface area contributed by atoms with Gasteiger partial charge >= 0.3 is 0 Å². The molecule has 0 aliphatic carbocycles. The zero-order valence-corrected chi connectivity index (χ0v) is 13.3. The van der Waals surface area contributed by atoms with Gasteiger partial charge in [-0.05, 0) is 30.7 Å². The normalized spacial score (nSPS) is 12.6. The summed E-state index contributed by atoms with van der Waals surface area (Å²) in [5, 5.41) is 18.3. The SMILES string of the molecule is Cn1ncnc1CCCNC[C@@H](O)c1ccc(Cl)c(Cl)c1. The van der Waals surface area contributed by atoms with Crippen LogP contribution < -0.4 is 5.32 Å². The zero-order chi connectivity index (χ0) is 15.2. The van der Waals surface area contributed by atoms with Gasteiger partial charge in [0.1, 0.15) is 12.2 Å². The first-order chi connectivity index (χ1) is 10.1. The summed E-state index contributed by atoms with van der Waals surface area (Å²) in [5.74, 6) is 0.960. The highest BCUT2D eigenvalue weighted by atomic mass is 35.5. The molecule has 0 aliphatic rings. The Morgan fingerprint density at radius 2 is 2.14 bits per heavy atom. The lowest BCUT2D eigenvalue weighted by Crippen LogP contribution is -2.23. The monoisotopic (exact) mass is 328 g/mol. The second-order valence-electron chi connectivity index (χ2n) is 4.80. The Morgan fingerprint density at radius 1 is 1.33 bits per heavy atom. The Morgan fingerprint density at radius 3 is 2.81 bits per heavy atom. The van der Waals surface area contributed by atoms with Crippen molar-refractivity contribution in [2.24, 2.45) is 7.05 Å². The third-order valence-electron chi connectivity index (χ3n) is 3.23. The van der Waals surface area contributed by atoms with Gasteiger partial charge in [0, 0.05) is 20.0 Å². The van der Waals surface area contributed by atoms with Crippen molar-refractivity contribution >= 4 is 23.2 Å². The van der Waals surface area contributed by atoms with Gasteiger partial charge in [-0.1, -0.05) is 29.3 Å². The standard InChI is InChI=1S/C14H18Cl2N4O/c1-20-14(18-9-19-20)3-2-6-17-8-13(21)10-4-5-11(15)12(16)7-10/h4-5,7,9,13,17,21H,2-3,6,8H2,1H3/t13-/m1/s1. The van der Waals surface area contributed by atoms with Crippen molar-refractivity contribution in [1.29, 1.82) is 0 Å². The first kappa shape index (κ1) is 16.2. The Hall–Kier alpha value is -1.14. The van der Waals surface area contributed by atoms with E-state index in [1.165, 1.54) is 0 Å². The second kappa shape index (κ2) is 7.75. The highest BCUT2D eigenvalue weighted by Gasteiger charge is 2.09. The quantitative estimate of drug-likeness (QED) is 0.766. The zero-order valence-electron chi connectivity index (χ0n) is 11.8. The van der Waals surface area contributed by atoms with Gasteiger partial charge in [0.15, 0.2) is 0 Å². The molecule has 0 saturated carbocycles. The minimum absolute atomic E-state index is 0.454. The van der Waals surface area contributed by atoms with Crippen LogP contribution in [-0.2, 0) is 13.5 Å². The fraction of sp³-hybridized carbons (Fsp3) is 0.429. The predicted molar refractivity (Wildman–Crippen MR) is 83.6 cm³/mol. The number of halogens is 2. The minimum Gasteiger partial charge on any atom is -0.387 e. The van der Waals surface area contributed by atoms with Crippen LogP contribution in [0.25, 0.3) is 0 Å². The van der Waals surface area contributed by atoms with E-state index < -0.39 is 6.10 Å². The number of nitrogens with one attached hydrogen (secondary N) is 1. The van der Waals surface area contributed by atoms with Gasteiger partial charge in [-0.25, -0.2) is 4.98 Å². The summed E-state index contributed by atoms with van der Waals surface area (Å²) in [6.45, 7) is 1.27. The number of aliphatic hydroxyl groups is 1. The number of aromatic nitrogens is 3. The van der Waals surface area contributed by atoms with E-state index in [1.54, 1.807) is 29.2 Å². The van der Waals surface area contributed by atoms with Gasteiger partial charge in [0.05, 0.1) is 16.1 Å². The molecule has 0 unspecified atom stereocenters. The maximum absolute atomic E-state index is 10.1. The number of aliphatic hydroxyl groups excluding tert-OH is 1. The van der Waals surface area contributed by atoms with E-state index in [-0.39, 0.29) is 0 Å². The van der Waals surface area contributed by atoms with Crippen LogP contribution in [0.3, 0.4) is 0 Å². The second-order valence-corrected chi connectivity index (χ2v) is 5.61. The number of hydrogen-bond donors (Lipinski definition) is 2. The highest BCUT2D eigenvalue weighted by molar-refractivity contribution is 6.42. The van der Waals surface area contributed by atoms with Crippen LogP contribution in [0.2, 0.25) is 10.0 Å². The summed E-state index contributed by atoms with van der Waals surface area (Å²) >= 11 is 11.8. The lowest BCUT2D eigenvalue weighted by molar-refractivity contribution is 0.175. The Kier molecular flexibility index (Phi) is 5.99. The topological polar surface area (TPSA) is 63.0 Å². The van der Waals surface area contributed by atoms with Gasteiger partial charge in [0.25, 0.3) is 0 Å². The largest absolute Gasteiger partial charge is 0.387 e. The maximum Gasteiger partial charge on any atom is 0.138 e. The molecule has 1 aromatic carbocycles. The van der Waals surface area contributed by atoms with Crippen molar-refractivity contribution in [3.63, 3.8) is 0 Å². The Balaban J connectivity index is 1.70. The van der Waals surface area contributed by atoms with Crippen molar-refractivity contribution in [3.05, 3.63) is 46.0 Å². The first-order valence-electron chi connectivity index (χ1n) is 6.74. The fourth-order valence-electron chi connectivity index (χ4n) is 1.99. The van der Waals surface area contributed by atoms with Crippen molar-refractivity contribution in [2.75, 3.05) is 13.1 Å². The van der Waals surface area contributed by atoms with Crippen molar-refractivity contribution in [3.8, 4) is 0 Å². The molecule has 0 radical (unpaired) electrons. The maximum atomic E-state index is 10.1. The molecule has 0 saturated heterocycles. The number of nitrogens with zero attached hydrogens (tertiary/aromatic N) is 3. The lowest BCUT2D eigenvalue weighted by atomic mass is 10.1. The van der Waals surface area contributed by atoms with E-state index in [0.717, 1.165) is 30.8 Å².